The Morgan fingerprint density at radius 2 is 1.44 bits per heavy atom. The van der Waals surface area contributed by atoms with E-state index < -0.39 is 78.6 Å². The van der Waals surface area contributed by atoms with Crippen LogP contribution < -0.4 is 9.47 Å². The number of allylic oxidation sites excluding steroid dienone is 2. The van der Waals surface area contributed by atoms with Crippen molar-refractivity contribution < 1.29 is 69.6 Å². The molecule has 0 amide bonds. The van der Waals surface area contributed by atoms with Crippen molar-refractivity contribution in [1.29, 1.82) is 0 Å². The first-order chi connectivity index (χ1) is 25.4. The number of hydrogen-bond donors (Lipinski definition) is 5. The van der Waals surface area contributed by atoms with Crippen LogP contribution >= 0.6 is 0 Å². The molecule has 54 heavy (non-hydrogen) atoms. The molecule has 0 aliphatic carbocycles. The molecule has 1 aromatic heterocycles. The molecule has 2 aromatic carbocycles. The molecule has 2 heterocycles. The Morgan fingerprint density at radius 1 is 0.870 bits per heavy atom. The van der Waals surface area contributed by atoms with Crippen LogP contribution in [-0.4, -0.2) is 127 Å². The number of rotatable bonds is 17. The Balaban J connectivity index is 1.97. The number of aliphatic carboxylic acids is 1. The van der Waals surface area contributed by atoms with Crippen LogP contribution in [0.1, 0.15) is 28.9 Å². The number of methoxy groups -OCH3 is 3. The van der Waals surface area contributed by atoms with Gasteiger partial charge >= 0.3 is 11.9 Å². The number of pyridine rings is 1. The van der Waals surface area contributed by atoms with E-state index in [4.69, 9.17) is 14.2 Å². The van der Waals surface area contributed by atoms with E-state index in [1.54, 1.807) is 24.3 Å². The van der Waals surface area contributed by atoms with Gasteiger partial charge in [0.1, 0.15) is 38.8 Å². The Bertz CT molecular complexity index is 2180. The quantitative estimate of drug-likeness (QED) is 0.0567. The molecule has 3 aromatic rings. The molecular formula is C34H38N4O14S2. The number of phenolic OH excluding ortho intramolecular Hbond substituents is 2. The van der Waals surface area contributed by atoms with Crippen molar-refractivity contribution in [2.24, 2.45) is 0 Å². The fraction of sp³-hybridized carbons (Fsp3) is 0.265. The highest BCUT2D eigenvalue weighted by molar-refractivity contribution is 7.86. The maximum atomic E-state index is 13.0. The number of hydrogen-bond acceptors (Lipinski definition) is 14. The van der Waals surface area contributed by atoms with Crippen molar-refractivity contribution in [3.63, 3.8) is 0 Å². The summed E-state index contributed by atoms with van der Waals surface area (Å²) in [5, 5.41) is 32.8. The molecule has 0 saturated heterocycles. The summed E-state index contributed by atoms with van der Waals surface area (Å²) in [7, 11) is -6.54. The number of carbonyl (C=O) groups is 2. The van der Waals surface area contributed by atoms with Crippen molar-refractivity contribution in [2.75, 3.05) is 47.5 Å². The zero-order valence-corrected chi connectivity index (χ0v) is 30.8. The maximum Gasteiger partial charge on any atom is 0.319 e. The summed E-state index contributed by atoms with van der Waals surface area (Å²) in [6.45, 7) is 2.01. The number of carboxylic acids is 1. The lowest BCUT2D eigenvalue weighted by Crippen LogP contribution is -2.45. The van der Waals surface area contributed by atoms with Gasteiger partial charge in [-0.05, 0) is 24.3 Å². The highest BCUT2D eigenvalue weighted by Crippen LogP contribution is 2.44. The Morgan fingerprint density at radius 3 is 1.94 bits per heavy atom. The number of nitrogens with zero attached hydrogens (tertiary/aromatic N) is 4. The minimum Gasteiger partial charge on any atom is -0.506 e. The molecule has 4 rings (SSSR count). The van der Waals surface area contributed by atoms with Crippen LogP contribution in [0, 0.1) is 6.04 Å². The van der Waals surface area contributed by atoms with E-state index in [1.807, 2.05) is 0 Å². The maximum absolute atomic E-state index is 13.0. The van der Waals surface area contributed by atoms with E-state index in [-0.39, 0.29) is 47.5 Å². The lowest BCUT2D eigenvalue weighted by Gasteiger charge is -2.38. The third kappa shape index (κ3) is 9.53. The van der Waals surface area contributed by atoms with Crippen molar-refractivity contribution in [2.45, 2.75) is 21.9 Å². The van der Waals surface area contributed by atoms with Gasteiger partial charge < -0.3 is 29.5 Å². The summed E-state index contributed by atoms with van der Waals surface area (Å²) in [4.78, 5) is 30.7. The molecule has 1 aliphatic rings. The van der Waals surface area contributed by atoms with E-state index in [2.05, 4.69) is 11.7 Å². The van der Waals surface area contributed by atoms with Crippen LogP contribution in [0.4, 0.5) is 0 Å². The molecule has 0 fully saturated rings. The SMILES string of the molecule is C=[N+]1C=CC=C[C-]1C(c1cc(OC)cc(S(=O)(=O)O)c1O)N(CCN(CC(=O)OC)[C@H](c1ccccn1)c1cc(OC)cc(S(=O)(=O)O)c1O)CC(=O)O. The number of aromatic nitrogens is 1. The highest BCUT2D eigenvalue weighted by Gasteiger charge is 2.38. The Labute approximate surface area is 311 Å². The number of esters is 1. The normalized spacial score (nSPS) is 14.3. The lowest BCUT2D eigenvalue weighted by atomic mass is 9.94. The van der Waals surface area contributed by atoms with Crippen LogP contribution in [0.15, 0.2) is 82.9 Å². The van der Waals surface area contributed by atoms with Crippen molar-refractivity contribution in [3.05, 3.63) is 96.0 Å². The first-order valence-corrected chi connectivity index (χ1v) is 18.5. The highest BCUT2D eigenvalue weighted by atomic mass is 32.2. The molecule has 5 N–H and O–H groups in total. The van der Waals surface area contributed by atoms with Gasteiger partial charge in [0.15, 0.2) is 0 Å². The van der Waals surface area contributed by atoms with Gasteiger partial charge in [-0.2, -0.15) is 16.8 Å². The average Bonchev–Trinajstić information content (AvgIpc) is 3.11. The molecule has 0 saturated carbocycles. The summed E-state index contributed by atoms with van der Waals surface area (Å²) in [6, 6.07) is 6.57. The summed E-state index contributed by atoms with van der Waals surface area (Å²) >= 11 is 0. The van der Waals surface area contributed by atoms with Gasteiger partial charge in [0.25, 0.3) is 20.2 Å². The predicted molar refractivity (Wildman–Crippen MR) is 189 cm³/mol. The van der Waals surface area contributed by atoms with Gasteiger partial charge in [-0.25, -0.2) is 0 Å². The lowest BCUT2D eigenvalue weighted by molar-refractivity contribution is -0.435. The van der Waals surface area contributed by atoms with Crippen LogP contribution in [0.5, 0.6) is 23.0 Å². The van der Waals surface area contributed by atoms with E-state index in [0.717, 1.165) is 19.2 Å². The zero-order valence-electron chi connectivity index (χ0n) is 29.1. The third-order valence-electron chi connectivity index (χ3n) is 8.30. The molecule has 0 spiro atoms. The first kappa shape index (κ1) is 41.2. The van der Waals surface area contributed by atoms with Crippen LogP contribution in [-0.2, 0) is 34.6 Å². The fourth-order valence-corrected chi connectivity index (χ4v) is 7.13. The van der Waals surface area contributed by atoms with Crippen molar-refractivity contribution in [1.82, 2.24) is 14.8 Å². The molecule has 0 radical (unpaired) electrons. The Kier molecular flexibility index (Phi) is 13.1. The van der Waals surface area contributed by atoms with Gasteiger partial charge in [-0.15, -0.1) is 6.08 Å². The number of carbonyl (C=O) groups excluding carboxylic acids is 1. The van der Waals surface area contributed by atoms with Crippen molar-refractivity contribution >= 4 is 38.9 Å². The van der Waals surface area contributed by atoms with E-state index in [1.165, 1.54) is 65.3 Å². The molecule has 290 valence electrons. The monoisotopic (exact) mass is 790 g/mol. The average molecular weight is 791 g/mol. The van der Waals surface area contributed by atoms with Gasteiger partial charge in [0, 0.05) is 42.5 Å². The summed E-state index contributed by atoms with van der Waals surface area (Å²) in [6.07, 6.45) is 7.64. The van der Waals surface area contributed by atoms with Crippen LogP contribution in [0.2, 0.25) is 0 Å². The molecular weight excluding hydrogens is 753 g/mol. The summed E-state index contributed by atoms with van der Waals surface area (Å²) in [5.74, 6) is -4.21. The molecule has 1 unspecified atom stereocenters. The van der Waals surface area contributed by atoms with E-state index in [0.29, 0.717) is 0 Å². The smallest absolute Gasteiger partial charge is 0.319 e. The van der Waals surface area contributed by atoms with Crippen LogP contribution in [0.25, 0.3) is 0 Å². The number of ether oxygens (including phenoxy) is 3. The second-order valence-electron chi connectivity index (χ2n) is 11.6. The third-order valence-corrected chi connectivity index (χ3v) is 10.0. The van der Waals surface area contributed by atoms with E-state index in [9.17, 15) is 50.8 Å². The van der Waals surface area contributed by atoms with Gasteiger partial charge in [0.2, 0.25) is 0 Å². The van der Waals surface area contributed by atoms with Gasteiger partial charge in [-0.1, -0.05) is 18.2 Å². The summed E-state index contributed by atoms with van der Waals surface area (Å²) in [5.41, 5.74) is -0.238. The number of benzene rings is 2. The van der Waals surface area contributed by atoms with Crippen LogP contribution in [0.3, 0.4) is 0 Å². The second-order valence-corrected chi connectivity index (χ2v) is 14.4. The fourth-order valence-electron chi connectivity index (χ4n) is 5.87. The Hall–Kier alpha value is -5.51. The molecule has 1 aliphatic heterocycles. The van der Waals surface area contributed by atoms with Crippen molar-refractivity contribution in [3.8, 4) is 23.0 Å². The molecule has 2 atom stereocenters. The number of phenols is 2. The number of carboxylic acid groups (broad SMARTS) is 1. The molecule has 18 nitrogen and oxygen atoms in total. The predicted octanol–water partition coefficient (Wildman–Crippen LogP) is 2.02. The summed E-state index contributed by atoms with van der Waals surface area (Å²) < 4.78 is 86.3. The number of aromatic hydroxyl groups is 2. The molecule has 0 bridgehead atoms. The van der Waals surface area contributed by atoms with Gasteiger partial charge in [-0.3, -0.25) is 38.1 Å². The minimum atomic E-state index is -5.05. The van der Waals surface area contributed by atoms with E-state index >= 15 is 0 Å². The minimum absolute atomic E-state index is 0.103. The standard InChI is InChI=1S/C34H38N4O14S2/c1-36-12-8-6-10-26(36)32(24-16-22(51-3)18-28(34(24)43)54(47,48)49)37(19-29(39)40)13-14-38(20-30(41)52-4)31(25-9-5-7-11-35-25)23-15-21(50-2)17-27(33(23)42)53(44,45)46/h5-12,15-18,31-32,42-43H,1,13-14,19-20H2,2-4H3,(H,39,40)(H,44,45,46)(H,47,48,49)/t31-,32?/m0/s1. The zero-order chi connectivity index (χ0) is 40.0. The second kappa shape index (κ2) is 17.1. The largest absolute Gasteiger partial charge is 0.506 e. The molecule has 20 heteroatoms. The van der Waals surface area contributed by atoms with Gasteiger partial charge in [0.05, 0.1) is 65.1 Å². The first-order valence-electron chi connectivity index (χ1n) is 15.7. The topological polar surface area (TPSA) is 254 Å².